The summed E-state index contributed by atoms with van der Waals surface area (Å²) in [5, 5.41) is 0. The van der Waals surface area contributed by atoms with Crippen molar-refractivity contribution in [2.75, 3.05) is 0 Å². The molecule has 0 bridgehead atoms. The van der Waals surface area contributed by atoms with Gasteiger partial charge in [-0.15, -0.1) is 0 Å². The van der Waals surface area contributed by atoms with E-state index in [1.165, 1.54) is 32.1 Å². The Morgan fingerprint density at radius 3 is 2.13 bits per heavy atom. The van der Waals surface area contributed by atoms with Crippen molar-refractivity contribution < 1.29 is 4.79 Å². The molecule has 1 nitrogen and oxygen atoms in total. The number of hydrogen-bond acceptors (Lipinski definition) is 1. The van der Waals surface area contributed by atoms with E-state index in [0.717, 1.165) is 25.2 Å². The summed E-state index contributed by atoms with van der Waals surface area (Å²) < 4.78 is 0.265. The third-order valence-electron chi connectivity index (χ3n) is 4.06. The van der Waals surface area contributed by atoms with E-state index in [1.54, 1.807) is 0 Å². The average Bonchev–Trinajstić information content (AvgIpc) is 2.27. The SMILES string of the molecule is CCC(CC)CC1(C(=O)Br)CCCCC1. The van der Waals surface area contributed by atoms with Crippen LogP contribution in [0.4, 0.5) is 0 Å². The lowest BCUT2D eigenvalue weighted by atomic mass is 9.69. The monoisotopic (exact) mass is 274 g/mol. The Bertz CT molecular complexity index is 203. The second kappa shape index (κ2) is 6.03. The molecular weight excluding hydrogens is 252 g/mol. The lowest BCUT2D eigenvalue weighted by Crippen LogP contribution is -2.32. The van der Waals surface area contributed by atoms with Gasteiger partial charge in [-0.05, 0) is 41.1 Å². The molecule has 0 unspecified atom stereocenters. The Morgan fingerprint density at radius 1 is 1.20 bits per heavy atom. The molecule has 0 radical (unpaired) electrons. The van der Waals surface area contributed by atoms with E-state index >= 15 is 0 Å². The summed E-state index contributed by atoms with van der Waals surface area (Å²) >= 11 is 3.24. The highest BCUT2D eigenvalue weighted by Gasteiger charge is 2.38. The van der Waals surface area contributed by atoms with Crippen LogP contribution in [0.1, 0.15) is 65.2 Å². The maximum absolute atomic E-state index is 11.8. The number of halogens is 1. The van der Waals surface area contributed by atoms with Gasteiger partial charge in [-0.3, -0.25) is 4.79 Å². The molecule has 0 aliphatic heterocycles. The second-order valence-electron chi connectivity index (χ2n) is 5.00. The molecule has 15 heavy (non-hydrogen) atoms. The maximum Gasteiger partial charge on any atom is 0.203 e. The van der Waals surface area contributed by atoms with E-state index in [1.807, 2.05) is 0 Å². The van der Waals surface area contributed by atoms with Crippen LogP contribution in [0, 0.1) is 11.3 Å². The topological polar surface area (TPSA) is 17.1 Å². The summed E-state index contributed by atoms with van der Waals surface area (Å²) in [6.07, 6.45) is 9.50. The molecular formula is C13H23BrO. The van der Waals surface area contributed by atoms with Crippen molar-refractivity contribution >= 4 is 20.6 Å². The minimum absolute atomic E-state index is 0.0189. The Kier molecular flexibility index (Phi) is 5.31. The van der Waals surface area contributed by atoms with Crippen LogP contribution in [0.5, 0.6) is 0 Å². The molecule has 0 aromatic carbocycles. The summed E-state index contributed by atoms with van der Waals surface area (Å²) in [6, 6.07) is 0. The van der Waals surface area contributed by atoms with Gasteiger partial charge in [0.05, 0.1) is 0 Å². The molecule has 0 aromatic heterocycles. The largest absolute Gasteiger partial charge is 0.286 e. The Hall–Kier alpha value is 0.150. The van der Waals surface area contributed by atoms with E-state index in [4.69, 9.17) is 0 Å². The van der Waals surface area contributed by atoms with Gasteiger partial charge in [0.15, 0.2) is 0 Å². The van der Waals surface area contributed by atoms with Crippen molar-refractivity contribution in [1.29, 1.82) is 0 Å². The first-order chi connectivity index (χ1) is 7.14. The lowest BCUT2D eigenvalue weighted by molar-refractivity contribution is -0.121. The molecule has 0 amide bonds. The third kappa shape index (κ3) is 3.30. The summed E-state index contributed by atoms with van der Waals surface area (Å²) in [6.45, 7) is 4.48. The molecule has 1 saturated carbocycles. The van der Waals surface area contributed by atoms with Crippen molar-refractivity contribution in [3.05, 3.63) is 0 Å². The van der Waals surface area contributed by atoms with E-state index in [0.29, 0.717) is 0 Å². The fraction of sp³-hybridized carbons (Fsp3) is 0.923. The highest BCUT2D eigenvalue weighted by molar-refractivity contribution is 9.18. The fourth-order valence-corrected chi connectivity index (χ4v) is 3.40. The van der Waals surface area contributed by atoms with Crippen LogP contribution in [-0.2, 0) is 4.79 Å². The molecule has 88 valence electrons. The van der Waals surface area contributed by atoms with Crippen LogP contribution < -0.4 is 0 Å². The maximum atomic E-state index is 11.8. The first-order valence-corrected chi connectivity index (χ1v) is 7.14. The van der Waals surface area contributed by atoms with Crippen LogP contribution in [0.25, 0.3) is 0 Å². The minimum atomic E-state index is -0.0189. The van der Waals surface area contributed by atoms with Gasteiger partial charge in [-0.1, -0.05) is 46.0 Å². The minimum Gasteiger partial charge on any atom is -0.286 e. The van der Waals surface area contributed by atoms with Gasteiger partial charge in [0.25, 0.3) is 0 Å². The summed E-state index contributed by atoms with van der Waals surface area (Å²) in [7, 11) is 0. The average molecular weight is 275 g/mol. The van der Waals surface area contributed by atoms with Gasteiger partial charge in [0, 0.05) is 5.41 Å². The van der Waals surface area contributed by atoms with Crippen LogP contribution in [0.15, 0.2) is 0 Å². The molecule has 1 rings (SSSR count). The summed E-state index contributed by atoms with van der Waals surface area (Å²) in [5.74, 6) is 0.726. The number of carbonyl (C=O) groups excluding carboxylic acids is 1. The van der Waals surface area contributed by atoms with Crippen LogP contribution in [-0.4, -0.2) is 4.69 Å². The van der Waals surface area contributed by atoms with Crippen molar-refractivity contribution in [2.24, 2.45) is 11.3 Å². The highest BCUT2D eigenvalue weighted by Crippen LogP contribution is 2.44. The zero-order chi connectivity index (χ0) is 11.3. The molecule has 1 fully saturated rings. The van der Waals surface area contributed by atoms with Gasteiger partial charge in [0.1, 0.15) is 0 Å². The van der Waals surface area contributed by atoms with E-state index < -0.39 is 0 Å². The smallest absolute Gasteiger partial charge is 0.203 e. The Labute approximate surface area is 102 Å². The number of hydrogen-bond donors (Lipinski definition) is 0. The normalized spacial score (nSPS) is 20.5. The van der Waals surface area contributed by atoms with E-state index in [2.05, 4.69) is 29.8 Å². The predicted octanol–water partition coefficient (Wildman–Crippen LogP) is 4.68. The summed E-state index contributed by atoms with van der Waals surface area (Å²) in [4.78, 5) is 11.8. The molecule has 0 aromatic rings. The van der Waals surface area contributed by atoms with Crippen molar-refractivity contribution in [1.82, 2.24) is 0 Å². The quantitative estimate of drug-likeness (QED) is 0.665. The van der Waals surface area contributed by atoms with Crippen LogP contribution in [0.3, 0.4) is 0 Å². The highest BCUT2D eigenvalue weighted by atomic mass is 79.9. The third-order valence-corrected chi connectivity index (χ3v) is 4.90. The molecule has 0 N–H and O–H groups in total. The van der Waals surface area contributed by atoms with E-state index in [-0.39, 0.29) is 10.1 Å². The zero-order valence-corrected chi connectivity index (χ0v) is 11.6. The molecule has 1 aliphatic rings. The number of rotatable bonds is 5. The van der Waals surface area contributed by atoms with Gasteiger partial charge in [0.2, 0.25) is 4.69 Å². The lowest BCUT2D eigenvalue weighted by Gasteiger charge is -2.36. The van der Waals surface area contributed by atoms with Crippen molar-refractivity contribution in [3.8, 4) is 0 Å². The Morgan fingerprint density at radius 2 is 1.73 bits per heavy atom. The molecule has 0 heterocycles. The van der Waals surface area contributed by atoms with Gasteiger partial charge in [-0.25, -0.2) is 0 Å². The summed E-state index contributed by atoms with van der Waals surface area (Å²) in [5.41, 5.74) is -0.0189. The predicted molar refractivity (Wildman–Crippen MR) is 68.1 cm³/mol. The molecule has 0 saturated heterocycles. The van der Waals surface area contributed by atoms with Crippen LogP contribution >= 0.6 is 15.9 Å². The van der Waals surface area contributed by atoms with E-state index in [9.17, 15) is 4.79 Å². The van der Waals surface area contributed by atoms with Gasteiger partial charge in [-0.2, -0.15) is 0 Å². The standard InChI is InChI=1S/C13H23BrO/c1-3-11(4-2)10-13(12(14)15)8-6-5-7-9-13/h11H,3-10H2,1-2H3. The van der Waals surface area contributed by atoms with Crippen molar-refractivity contribution in [3.63, 3.8) is 0 Å². The number of carbonyl (C=O) groups is 1. The second-order valence-corrected chi connectivity index (χ2v) is 5.72. The first-order valence-electron chi connectivity index (χ1n) is 6.34. The van der Waals surface area contributed by atoms with Gasteiger partial charge < -0.3 is 0 Å². The van der Waals surface area contributed by atoms with Crippen molar-refractivity contribution in [2.45, 2.75) is 65.2 Å². The molecule has 0 atom stereocenters. The molecule has 1 aliphatic carbocycles. The zero-order valence-electron chi connectivity index (χ0n) is 10.0. The fourth-order valence-electron chi connectivity index (χ4n) is 2.84. The first kappa shape index (κ1) is 13.2. The Balaban J connectivity index is 2.67. The van der Waals surface area contributed by atoms with Crippen LogP contribution in [0.2, 0.25) is 0 Å². The molecule has 0 spiro atoms. The molecule has 2 heteroatoms. The van der Waals surface area contributed by atoms with Gasteiger partial charge >= 0.3 is 0 Å².